The molecule has 1 unspecified atom stereocenters. The van der Waals surface area contributed by atoms with E-state index in [4.69, 9.17) is 9.47 Å². The molecule has 35 heavy (non-hydrogen) atoms. The summed E-state index contributed by atoms with van der Waals surface area (Å²) in [5.41, 5.74) is 0.0630. The predicted octanol–water partition coefficient (Wildman–Crippen LogP) is 2.44. The second-order valence-electron chi connectivity index (χ2n) is 8.90. The van der Waals surface area contributed by atoms with Crippen molar-refractivity contribution in [3.8, 4) is 23.3 Å². The van der Waals surface area contributed by atoms with Crippen LogP contribution in [0.1, 0.15) is 12.5 Å². The van der Waals surface area contributed by atoms with Crippen molar-refractivity contribution in [2.24, 2.45) is 0 Å². The number of likely N-dealkylation sites (N-methyl/N-ethyl adjacent to an activating group) is 1. The number of ether oxygens (including phenoxy) is 2. The topological polar surface area (TPSA) is 79.3 Å². The lowest BCUT2D eigenvalue weighted by molar-refractivity contribution is -0.123. The van der Waals surface area contributed by atoms with Crippen LogP contribution in [0.25, 0.3) is 0 Å². The maximum atomic E-state index is 13.5. The number of carbonyl (C=O) groups excluding carboxylic acids is 1. The monoisotopic (exact) mass is 490 g/mol. The minimum absolute atomic E-state index is 0.0823. The standard InChI is InChI=1S/C27H26N2O5S/c1-19-14-22(34-21-6-4-3-5-7-21)11-13-29(19)24-16-33-25-9-8-20(15-23(25)28(2)26(24)30)10-12-27(31)17-35(32)18-27/h3-9,11,13-15,19,24,31H,16-18H2,1-2H3/t19-,24?,27?,35?/m0/s1. The van der Waals surface area contributed by atoms with Crippen LogP contribution in [-0.4, -0.2) is 63.0 Å². The number of fused-ring (bicyclic) bond motifs is 1. The fourth-order valence-corrected chi connectivity index (χ4v) is 5.41. The van der Waals surface area contributed by atoms with Crippen molar-refractivity contribution in [2.75, 3.05) is 30.1 Å². The van der Waals surface area contributed by atoms with Crippen molar-refractivity contribution in [1.29, 1.82) is 0 Å². The summed E-state index contributed by atoms with van der Waals surface area (Å²) in [5.74, 6) is 8.07. The minimum atomic E-state index is -1.20. The summed E-state index contributed by atoms with van der Waals surface area (Å²) < 4.78 is 23.3. The van der Waals surface area contributed by atoms with E-state index in [1.807, 2.05) is 60.5 Å². The van der Waals surface area contributed by atoms with Gasteiger partial charge in [-0.15, -0.1) is 0 Å². The van der Waals surface area contributed by atoms with Crippen molar-refractivity contribution in [1.82, 2.24) is 4.90 Å². The van der Waals surface area contributed by atoms with Crippen molar-refractivity contribution in [3.05, 3.63) is 78.2 Å². The van der Waals surface area contributed by atoms with Gasteiger partial charge >= 0.3 is 0 Å². The first kappa shape index (κ1) is 23.2. The molecule has 1 N–H and O–H groups in total. The van der Waals surface area contributed by atoms with E-state index < -0.39 is 22.4 Å². The summed E-state index contributed by atoms with van der Waals surface area (Å²) >= 11 is 0. The van der Waals surface area contributed by atoms with Crippen LogP contribution >= 0.6 is 0 Å². The predicted molar refractivity (Wildman–Crippen MR) is 134 cm³/mol. The zero-order valence-electron chi connectivity index (χ0n) is 19.5. The molecule has 0 bridgehead atoms. The van der Waals surface area contributed by atoms with Crippen LogP contribution < -0.4 is 14.4 Å². The molecular weight excluding hydrogens is 464 g/mol. The number of benzene rings is 2. The summed E-state index contributed by atoms with van der Waals surface area (Å²) in [7, 11) is 0.719. The fraction of sp³-hybridized carbons (Fsp3) is 0.296. The quantitative estimate of drug-likeness (QED) is 0.666. The summed E-state index contributed by atoms with van der Waals surface area (Å²) in [6.45, 7) is 2.21. The van der Waals surface area contributed by atoms with Crippen LogP contribution in [0.5, 0.6) is 11.5 Å². The molecule has 1 amide bonds. The number of hydrogen-bond donors (Lipinski definition) is 1. The lowest BCUT2D eigenvalue weighted by Crippen LogP contribution is -2.50. The number of anilines is 1. The first-order chi connectivity index (χ1) is 16.8. The number of para-hydroxylation sites is 1. The lowest BCUT2D eigenvalue weighted by atomic mass is 10.1. The van der Waals surface area contributed by atoms with Gasteiger partial charge in [-0.05, 0) is 49.4 Å². The van der Waals surface area contributed by atoms with Gasteiger partial charge < -0.3 is 24.4 Å². The third-order valence-corrected chi connectivity index (χ3v) is 7.80. The van der Waals surface area contributed by atoms with Gasteiger partial charge in [0.1, 0.15) is 35.5 Å². The Morgan fingerprint density at radius 3 is 2.69 bits per heavy atom. The van der Waals surface area contributed by atoms with E-state index in [-0.39, 0.29) is 30.1 Å². The Hall–Kier alpha value is -3.54. The number of allylic oxidation sites excluding steroid dienone is 1. The van der Waals surface area contributed by atoms with Gasteiger partial charge in [0.05, 0.1) is 17.2 Å². The van der Waals surface area contributed by atoms with E-state index in [0.29, 0.717) is 17.0 Å². The molecule has 0 aliphatic carbocycles. The van der Waals surface area contributed by atoms with E-state index in [2.05, 4.69) is 11.8 Å². The van der Waals surface area contributed by atoms with E-state index >= 15 is 0 Å². The molecule has 0 saturated carbocycles. The second-order valence-corrected chi connectivity index (χ2v) is 10.4. The van der Waals surface area contributed by atoms with Crippen molar-refractivity contribution < 1.29 is 23.6 Å². The molecule has 180 valence electrons. The summed E-state index contributed by atoms with van der Waals surface area (Å²) in [6.07, 6.45) is 5.70. The Morgan fingerprint density at radius 1 is 1.20 bits per heavy atom. The number of carbonyl (C=O) groups is 1. The third-order valence-electron chi connectivity index (χ3n) is 6.20. The van der Waals surface area contributed by atoms with Gasteiger partial charge in [0.25, 0.3) is 5.91 Å². The van der Waals surface area contributed by atoms with Crippen molar-refractivity contribution in [3.63, 3.8) is 0 Å². The number of amides is 1. The highest BCUT2D eigenvalue weighted by Crippen LogP contribution is 2.33. The van der Waals surface area contributed by atoms with Crippen LogP contribution in [0, 0.1) is 11.8 Å². The number of rotatable bonds is 3. The molecule has 7 nitrogen and oxygen atoms in total. The third kappa shape index (κ3) is 4.83. The first-order valence-corrected chi connectivity index (χ1v) is 12.9. The van der Waals surface area contributed by atoms with Gasteiger partial charge in [0.15, 0.2) is 0 Å². The Kier molecular flexibility index (Phi) is 6.13. The molecule has 2 aromatic rings. The average Bonchev–Trinajstić information content (AvgIpc) is 2.94. The molecule has 2 atom stereocenters. The zero-order chi connectivity index (χ0) is 24.6. The molecule has 5 rings (SSSR count). The SMILES string of the molecule is C[C@H]1C=C(Oc2ccccc2)C=CN1C1COc2ccc(C#CC3(O)CS(=O)C3)cc2N(C)C1=O. The lowest BCUT2D eigenvalue weighted by Gasteiger charge is -2.35. The second kappa shape index (κ2) is 9.25. The first-order valence-electron chi connectivity index (χ1n) is 11.4. The fourth-order valence-electron chi connectivity index (χ4n) is 4.28. The Labute approximate surface area is 207 Å². The maximum absolute atomic E-state index is 13.5. The number of hydrogen-bond acceptors (Lipinski definition) is 6. The number of aliphatic hydroxyl groups is 1. The highest BCUT2D eigenvalue weighted by atomic mass is 32.2. The van der Waals surface area contributed by atoms with Gasteiger partial charge in [-0.25, -0.2) is 0 Å². The van der Waals surface area contributed by atoms with Gasteiger partial charge in [0, 0.05) is 35.7 Å². The van der Waals surface area contributed by atoms with Crippen LogP contribution in [0.2, 0.25) is 0 Å². The van der Waals surface area contributed by atoms with E-state index in [9.17, 15) is 14.1 Å². The maximum Gasteiger partial charge on any atom is 0.253 e. The highest BCUT2D eigenvalue weighted by Gasteiger charge is 2.39. The molecule has 0 radical (unpaired) electrons. The molecule has 1 fully saturated rings. The molecule has 1 saturated heterocycles. The zero-order valence-corrected chi connectivity index (χ0v) is 20.3. The molecule has 3 heterocycles. The van der Waals surface area contributed by atoms with Gasteiger partial charge in [-0.1, -0.05) is 30.0 Å². The molecule has 3 aliphatic heterocycles. The molecule has 2 aromatic carbocycles. The summed E-state index contributed by atoms with van der Waals surface area (Å²) in [5, 5.41) is 10.2. The smallest absolute Gasteiger partial charge is 0.253 e. The van der Waals surface area contributed by atoms with Gasteiger partial charge in [-0.2, -0.15) is 0 Å². The average molecular weight is 491 g/mol. The number of nitrogens with zero attached hydrogens (tertiary/aromatic N) is 2. The van der Waals surface area contributed by atoms with E-state index in [1.165, 1.54) is 0 Å². The van der Waals surface area contributed by atoms with Crippen LogP contribution in [-0.2, 0) is 15.6 Å². The molecule has 0 aromatic heterocycles. The van der Waals surface area contributed by atoms with Gasteiger partial charge in [-0.3, -0.25) is 9.00 Å². The Bertz CT molecular complexity index is 1290. The summed E-state index contributed by atoms with van der Waals surface area (Å²) in [4.78, 5) is 17.0. The van der Waals surface area contributed by atoms with E-state index in [0.717, 1.165) is 11.5 Å². The highest BCUT2D eigenvalue weighted by molar-refractivity contribution is 7.86. The molecular formula is C27H26N2O5S. The summed E-state index contributed by atoms with van der Waals surface area (Å²) in [6, 6.07) is 14.3. The van der Waals surface area contributed by atoms with Crippen molar-refractivity contribution >= 4 is 22.4 Å². The van der Waals surface area contributed by atoms with E-state index in [1.54, 1.807) is 30.1 Å². The molecule has 3 aliphatic rings. The normalized spacial score (nSPS) is 27.5. The Balaban J connectivity index is 1.31. The van der Waals surface area contributed by atoms with Crippen LogP contribution in [0.4, 0.5) is 5.69 Å². The van der Waals surface area contributed by atoms with Crippen LogP contribution in [0.3, 0.4) is 0 Å². The molecule has 0 spiro atoms. The van der Waals surface area contributed by atoms with Gasteiger partial charge in [0.2, 0.25) is 0 Å². The van der Waals surface area contributed by atoms with Crippen LogP contribution in [0.15, 0.2) is 72.6 Å². The van der Waals surface area contributed by atoms with Crippen molar-refractivity contribution in [2.45, 2.75) is 24.6 Å². The largest absolute Gasteiger partial charge is 0.489 e. The minimum Gasteiger partial charge on any atom is -0.489 e. The Morgan fingerprint density at radius 2 is 1.97 bits per heavy atom. The molecule has 8 heteroatoms.